The minimum Gasteiger partial charge on any atom is -0.383 e. The fourth-order valence-electron chi connectivity index (χ4n) is 3.76. The molecule has 1 atom stereocenters. The molecule has 7 nitrogen and oxygen atoms in total. The Balaban J connectivity index is 1.67. The van der Waals surface area contributed by atoms with Gasteiger partial charge < -0.3 is 5.73 Å². The van der Waals surface area contributed by atoms with Gasteiger partial charge in [-0.15, -0.1) is 0 Å². The summed E-state index contributed by atoms with van der Waals surface area (Å²) in [5.74, 6) is -0.383. The maximum atomic E-state index is 13.3. The summed E-state index contributed by atoms with van der Waals surface area (Å²) >= 11 is 0. The molecule has 146 valence electrons. The van der Waals surface area contributed by atoms with Crippen LogP contribution in [0.15, 0.2) is 78.2 Å². The zero-order valence-corrected chi connectivity index (χ0v) is 16.2. The van der Waals surface area contributed by atoms with Crippen LogP contribution in [0.4, 0.5) is 11.5 Å². The Morgan fingerprint density at radius 1 is 0.967 bits per heavy atom. The van der Waals surface area contributed by atoms with Crippen LogP contribution in [0.5, 0.6) is 0 Å². The number of hydrogen-bond donors (Lipinski definition) is 1. The average Bonchev–Trinajstić information content (AvgIpc) is 3.08. The lowest BCUT2D eigenvalue weighted by molar-refractivity contribution is -0.118. The Morgan fingerprint density at radius 3 is 2.40 bits per heavy atom. The summed E-state index contributed by atoms with van der Waals surface area (Å²) in [6, 6.07) is 21.1. The first kappa shape index (κ1) is 17.9. The van der Waals surface area contributed by atoms with Crippen LogP contribution in [0, 0.1) is 0 Å². The summed E-state index contributed by atoms with van der Waals surface area (Å²) in [4.78, 5) is 26.4. The molecule has 1 aliphatic rings. The number of para-hydroxylation sites is 1. The monoisotopic (exact) mass is 394 g/mol. The first-order valence-electron chi connectivity index (χ1n) is 9.54. The quantitative estimate of drug-likeness (QED) is 0.570. The van der Waals surface area contributed by atoms with Crippen molar-refractivity contribution in [2.45, 2.75) is 12.8 Å². The molecule has 0 saturated heterocycles. The van der Waals surface area contributed by atoms with E-state index in [0.717, 1.165) is 16.8 Å². The van der Waals surface area contributed by atoms with E-state index in [1.165, 1.54) is 11.3 Å². The van der Waals surface area contributed by atoms with Crippen molar-refractivity contribution < 1.29 is 4.79 Å². The Kier molecular flexibility index (Phi) is 4.21. The number of nitrogen functional groups attached to an aromatic ring is 1. The molecule has 3 heterocycles. The minimum absolute atomic E-state index is 0.147. The average molecular weight is 394 g/mol. The number of aromatic nitrogens is 3. The number of nitrogens with two attached hydrogens (primary N) is 1. The van der Waals surface area contributed by atoms with E-state index in [1.54, 1.807) is 0 Å². The molecule has 1 amide bonds. The van der Waals surface area contributed by atoms with Crippen LogP contribution in [0.25, 0.3) is 22.2 Å². The number of hydrogen-bond acceptors (Lipinski definition) is 6. The van der Waals surface area contributed by atoms with E-state index in [0.29, 0.717) is 28.3 Å². The van der Waals surface area contributed by atoms with E-state index >= 15 is 0 Å². The second kappa shape index (κ2) is 7.04. The van der Waals surface area contributed by atoms with Crippen LogP contribution in [0.3, 0.4) is 0 Å². The molecule has 2 N–H and O–H groups in total. The minimum atomic E-state index is -0.590. The van der Waals surface area contributed by atoms with Crippen LogP contribution in [0.1, 0.15) is 18.5 Å². The van der Waals surface area contributed by atoms with E-state index in [2.05, 4.69) is 20.1 Å². The maximum Gasteiger partial charge on any atom is 0.262 e. The van der Waals surface area contributed by atoms with E-state index < -0.39 is 5.92 Å². The Bertz CT molecular complexity index is 1290. The number of carbonyl (C=O) groups excluding carboxylic acids is 1. The van der Waals surface area contributed by atoms with Gasteiger partial charge in [0.15, 0.2) is 5.65 Å². The third-order valence-corrected chi connectivity index (χ3v) is 5.17. The molecular weight excluding hydrogens is 376 g/mol. The summed E-state index contributed by atoms with van der Waals surface area (Å²) in [6.45, 7) is 1.84. The lowest BCUT2D eigenvalue weighted by Crippen LogP contribution is -2.26. The molecule has 4 aromatic rings. The molecule has 0 fully saturated rings. The number of hydrazone groups is 1. The number of amides is 1. The fraction of sp³-hybridized carbons (Fsp3) is 0.0870. The molecule has 5 rings (SSSR count). The topological polar surface area (TPSA) is 97.4 Å². The van der Waals surface area contributed by atoms with Gasteiger partial charge in [-0.2, -0.15) is 10.1 Å². The van der Waals surface area contributed by atoms with E-state index in [9.17, 15) is 4.79 Å². The number of fused-ring (bicyclic) bond motifs is 1. The van der Waals surface area contributed by atoms with Crippen molar-refractivity contribution in [3.8, 4) is 11.1 Å². The van der Waals surface area contributed by atoms with Gasteiger partial charge in [0.25, 0.3) is 5.91 Å². The van der Waals surface area contributed by atoms with Crippen molar-refractivity contribution in [3.63, 3.8) is 0 Å². The van der Waals surface area contributed by atoms with Crippen LogP contribution in [-0.4, -0.2) is 26.6 Å². The van der Waals surface area contributed by atoms with Gasteiger partial charge in [0, 0.05) is 0 Å². The Labute approximate surface area is 172 Å². The molecule has 2 aromatic heterocycles. The summed E-state index contributed by atoms with van der Waals surface area (Å²) in [7, 11) is 0. The second-order valence-electron chi connectivity index (χ2n) is 7.08. The predicted molar refractivity (Wildman–Crippen MR) is 117 cm³/mol. The molecular formula is C23H18N6O. The predicted octanol–water partition coefficient (Wildman–Crippen LogP) is 3.78. The van der Waals surface area contributed by atoms with Crippen molar-refractivity contribution in [1.82, 2.24) is 15.0 Å². The molecule has 0 aliphatic carbocycles. The van der Waals surface area contributed by atoms with Gasteiger partial charge in [-0.25, -0.2) is 15.0 Å². The van der Waals surface area contributed by atoms with Crippen molar-refractivity contribution in [1.29, 1.82) is 0 Å². The van der Waals surface area contributed by atoms with Crippen LogP contribution in [0.2, 0.25) is 0 Å². The van der Waals surface area contributed by atoms with Crippen molar-refractivity contribution >= 4 is 34.2 Å². The van der Waals surface area contributed by atoms with E-state index in [4.69, 9.17) is 5.73 Å². The summed E-state index contributed by atoms with van der Waals surface area (Å²) in [6.07, 6.45) is 1.39. The molecule has 1 aliphatic heterocycles. The van der Waals surface area contributed by atoms with Gasteiger partial charge in [-0.3, -0.25) is 4.79 Å². The SMILES string of the molecule is CC1=NN(c2ccccc2)C(=O)C1c1cc(-c2ccccc2)c2c(N)ncnc2n1. The lowest BCUT2D eigenvalue weighted by Gasteiger charge is -2.16. The smallest absolute Gasteiger partial charge is 0.262 e. The highest BCUT2D eigenvalue weighted by Gasteiger charge is 2.37. The van der Waals surface area contributed by atoms with Crippen molar-refractivity contribution in [3.05, 3.63) is 78.8 Å². The second-order valence-corrected chi connectivity index (χ2v) is 7.08. The fourth-order valence-corrected chi connectivity index (χ4v) is 3.76. The highest BCUT2D eigenvalue weighted by Crippen LogP contribution is 2.35. The normalized spacial score (nSPS) is 16.2. The zero-order valence-electron chi connectivity index (χ0n) is 16.2. The molecule has 0 saturated carbocycles. The number of rotatable bonds is 3. The first-order chi connectivity index (χ1) is 14.6. The number of nitrogens with zero attached hydrogens (tertiary/aromatic N) is 5. The third kappa shape index (κ3) is 2.88. The van der Waals surface area contributed by atoms with Gasteiger partial charge in [0.2, 0.25) is 0 Å². The highest BCUT2D eigenvalue weighted by atomic mass is 16.2. The molecule has 0 spiro atoms. The van der Waals surface area contributed by atoms with Crippen LogP contribution >= 0.6 is 0 Å². The standard InChI is InChI=1S/C23H18N6O/c1-14-19(23(30)29(28-14)16-10-6-3-7-11-16)18-12-17(15-8-4-2-5-9-15)20-21(24)25-13-26-22(20)27-18/h2-13,19H,1H3,(H2,24,25,26,27). The Morgan fingerprint density at radius 2 is 1.67 bits per heavy atom. The molecule has 2 aromatic carbocycles. The van der Waals surface area contributed by atoms with Gasteiger partial charge in [0.1, 0.15) is 18.1 Å². The van der Waals surface area contributed by atoms with Gasteiger partial charge in [0.05, 0.1) is 22.5 Å². The lowest BCUT2D eigenvalue weighted by atomic mass is 9.94. The van der Waals surface area contributed by atoms with Crippen LogP contribution in [-0.2, 0) is 4.79 Å². The first-order valence-corrected chi connectivity index (χ1v) is 9.54. The molecule has 30 heavy (non-hydrogen) atoms. The number of carbonyl (C=O) groups is 1. The molecule has 0 radical (unpaired) electrons. The molecule has 0 bridgehead atoms. The van der Waals surface area contributed by atoms with Gasteiger partial charge in [-0.1, -0.05) is 48.5 Å². The number of anilines is 2. The van der Waals surface area contributed by atoms with Crippen molar-refractivity contribution in [2.75, 3.05) is 10.7 Å². The number of benzene rings is 2. The summed E-state index contributed by atoms with van der Waals surface area (Å²) in [5, 5.41) is 6.61. The Hall–Kier alpha value is -4.13. The maximum absolute atomic E-state index is 13.3. The molecule has 7 heteroatoms. The summed E-state index contributed by atoms with van der Waals surface area (Å²) in [5.41, 5.74) is 10.4. The largest absolute Gasteiger partial charge is 0.383 e. The van der Waals surface area contributed by atoms with Gasteiger partial charge in [-0.05, 0) is 36.2 Å². The third-order valence-electron chi connectivity index (χ3n) is 5.17. The zero-order chi connectivity index (χ0) is 20.7. The highest BCUT2D eigenvalue weighted by molar-refractivity contribution is 6.19. The molecule has 1 unspecified atom stereocenters. The van der Waals surface area contributed by atoms with E-state index in [1.807, 2.05) is 73.7 Å². The van der Waals surface area contributed by atoms with Crippen molar-refractivity contribution in [2.24, 2.45) is 5.10 Å². The van der Waals surface area contributed by atoms with Crippen LogP contribution < -0.4 is 10.7 Å². The summed E-state index contributed by atoms with van der Waals surface area (Å²) < 4.78 is 0. The van der Waals surface area contributed by atoms with E-state index in [-0.39, 0.29) is 5.91 Å². The van der Waals surface area contributed by atoms with Gasteiger partial charge >= 0.3 is 0 Å². The number of pyridine rings is 1.